The third-order valence-electron chi connectivity index (χ3n) is 6.56. The van der Waals surface area contributed by atoms with Crippen LogP contribution in [0.15, 0.2) is 48.7 Å². The normalized spacial score (nSPS) is 24.0. The van der Waals surface area contributed by atoms with E-state index in [2.05, 4.69) is 10.4 Å². The SMILES string of the molecule is O=C(O)CC12CC(NC(=O)c3cccc4cnn(Cc5ccc(C(F)(F)F)cc5)c34)(C1)C2. The minimum atomic E-state index is -4.40. The number of alkyl halides is 3. The van der Waals surface area contributed by atoms with Gasteiger partial charge >= 0.3 is 12.1 Å². The van der Waals surface area contributed by atoms with E-state index in [9.17, 15) is 22.8 Å². The average molecular weight is 443 g/mol. The topological polar surface area (TPSA) is 84.2 Å². The van der Waals surface area contributed by atoms with Gasteiger partial charge in [-0.05, 0) is 48.4 Å². The van der Waals surface area contributed by atoms with Crippen molar-refractivity contribution in [1.29, 1.82) is 0 Å². The van der Waals surface area contributed by atoms with E-state index < -0.39 is 17.7 Å². The standard InChI is InChI=1S/C23H20F3N3O3/c24-23(25,26)16-6-4-14(5-7-16)10-29-19-15(9-27-29)2-1-3-17(19)20(32)28-22-11-21(12-22,13-22)8-18(30)31/h1-7,9H,8,10-13H2,(H,28,32)(H,30,31). The smallest absolute Gasteiger partial charge is 0.416 e. The molecule has 32 heavy (non-hydrogen) atoms. The average Bonchev–Trinajstić information content (AvgIpc) is 3.07. The fourth-order valence-electron chi connectivity index (χ4n) is 5.37. The lowest BCUT2D eigenvalue weighted by molar-refractivity contribution is -0.172. The van der Waals surface area contributed by atoms with E-state index in [1.807, 2.05) is 6.07 Å². The first-order valence-electron chi connectivity index (χ1n) is 10.2. The van der Waals surface area contributed by atoms with E-state index in [4.69, 9.17) is 5.11 Å². The van der Waals surface area contributed by atoms with Crippen molar-refractivity contribution in [2.75, 3.05) is 0 Å². The van der Waals surface area contributed by atoms with Gasteiger partial charge in [0.2, 0.25) is 0 Å². The number of carbonyl (C=O) groups is 2. The summed E-state index contributed by atoms with van der Waals surface area (Å²) in [6.07, 6.45) is -0.650. The molecule has 3 aliphatic carbocycles. The number of hydrogen-bond donors (Lipinski definition) is 2. The highest BCUT2D eigenvalue weighted by Gasteiger charge is 2.68. The second-order valence-corrected chi connectivity index (χ2v) is 9.08. The highest BCUT2D eigenvalue weighted by molar-refractivity contribution is 6.06. The predicted molar refractivity (Wildman–Crippen MR) is 109 cm³/mol. The van der Waals surface area contributed by atoms with Crippen LogP contribution in [0.25, 0.3) is 10.9 Å². The molecule has 1 heterocycles. The maximum absolute atomic E-state index is 13.1. The Morgan fingerprint density at radius 2 is 1.78 bits per heavy atom. The third-order valence-corrected chi connectivity index (χ3v) is 6.56. The number of carboxylic acid groups (broad SMARTS) is 1. The molecule has 0 atom stereocenters. The number of nitrogens with one attached hydrogen (secondary N) is 1. The Hall–Kier alpha value is -3.36. The molecule has 0 aliphatic heterocycles. The quantitative estimate of drug-likeness (QED) is 0.597. The molecule has 2 bridgehead atoms. The highest BCUT2D eigenvalue weighted by atomic mass is 19.4. The van der Waals surface area contributed by atoms with Crippen LogP contribution in [0.5, 0.6) is 0 Å². The minimum Gasteiger partial charge on any atom is -0.481 e. The molecule has 1 aromatic heterocycles. The lowest BCUT2D eigenvalue weighted by atomic mass is 9.38. The summed E-state index contributed by atoms with van der Waals surface area (Å²) in [6.45, 7) is 0.221. The Balaban J connectivity index is 1.36. The van der Waals surface area contributed by atoms with Gasteiger partial charge in [0.15, 0.2) is 0 Å². The molecule has 2 aromatic carbocycles. The monoisotopic (exact) mass is 443 g/mol. The molecule has 9 heteroatoms. The number of nitrogens with zero attached hydrogens (tertiary/aromatic N) is 2. The zero-order chi connectivity index (χ0) is 22.7. The molecule has 0 unspecified atom stereocenters. The first-order valence-corrected chi connectivity index (χ1v) is 10.2. The number of benzene rings is 2. The van der Waals surface area contributed by atoms with Crippen LogP contribution in [0, 0.1) is 5.41 Å². The summed E-state index contributed by atoms with van der Waals surface area (Å²) in [5.74, 6) is -1.07. The second-order valence-electron chi connectivity index (χ2n) is 9.08. The molecule has 1 amide bonds. The lowest BCUT2D eigenvalue weighted by Crippen LogP contribution is -2.75. The molecule has 166 valence electrons. The van der Waals surface area contributed by atoms with Gasteiger partial charge in [-0.25, -0.2) is 0 Å². The van der Waals surface area contributed by atoms with E-state index >= 15 is 0 Å². The van der Waals surface area contributed by atoms with Gasteiger partial charge in [0.25, 0.3) is 5.91 Å². The van der Waals surface area contributed by atoms with Crippen molar-refractivity contribution in [2.24, 2.45) is 5.41 Å². The summed E-state index contributed by atoms with van der Waals surface area (Å²) in [4.78, 5) is 24.1. The van der Waals surface area contributed by atoms with Crippen molar-refractivity contribution < 1.29 is 27.9 Å². The maximum Gasteiger partial charge on any atom is 0.416 e. The fourth-order valence-corrected chi connectivity index (χ4v) is 5.37. The van der Waals surface area contributed by atoms with E-state index in [-0.39, 0.29) is 29.8 Å². The number of para-hydroxylation sites is 1. The van der Waals surface area contributed by atoms with E-state index in [0.717, 1.165) is 17.5 Å². The van der Waals surface area contributed by atoms with E-state index in [1.54, 1.807) is 23.0 Å². The van der Waals surface area contributed by atoms with Gasteiger partial charge in [0, 0.05) is 10.9 Å². The second kappa shape index (κ2) is 6.82. The number of hydrogen-bond acceptors (Lipinski definition) is 3. The molecule has 6 nitrogen and oxygen atoms in total. The van der Waals surface area contributed by atoms with E-state index in [1.165, 1.54) is 12.1 Å². The molecule has 0 spiro atoms. The largest absolute Gasteiger partial charge is 0.481 e. The number of fused-ring (bicyclic) bond motifs is 1. The van der Waals surface area contributed by atoms with Crippen molar-refractivity contribution in [1.82, 2.24) is 15.1 Å². The molecule has 3 fully saturated rings. The van der Waals surface area contributed by atoms with Gasteiger partial charge in [-0.15, -0.1) is 0 Å². The van der Waals surface area contributed by atoms with Crippen LogP contribution in [0.3, 0.4) is 0 Å². The van der Waals surface area contributed by atoms with Crippen molar-refractivity contribution in [2.45, 2.75) is 43.9 Å². The number of carboxylic acids is 1. The van der Waals surface area contributed by atoms with Gasteiger partial charge < -0.3 is 10.4 Å². The van der Waals surface area contributed by atoms with Gasteiger partial charge in [0.05, 0.1) is 35.8 Å². The van der Waals surface area contributed by atoms with Crippen LogP contribution in [-0.2, 0) is 17.5 Å². The first kappa shape index (κ1) is 20.5. The van der Waals surface area contributed by atoms with Crippen LogP contribution in [0.1, 0.15) is 47.2 Å². The third kappa shape index (κ3) is 3.41. The highest BCUT2D eigenvalue weighted by Crippen LogP contribution is 2.69. The molecule has 2 N–H and O–H groups in total. The molecule has 6 rings (SSSR count). The molecular weight excluding hydrogens is 423 g/mol. The Kier molecular flexibility index (Phi) is 4.38. The zero-order valence-corrected chi connectivity index (χ0v) is 16.9. The summed E-state index contributed by atoms with van der Waals surface area (Å²) in [6, 6.07) is 10.2. The Morgan fingerprint density at radius 1 is 1.09 bits per heavy atom. The van der Waals surface area contributed by atoms with Crippen LogP contribution in [0.4, 0.5) is 13.2 Å². The predicted octanol–water partition coefficient (Wildman–Crippen LogP) is 4.23. The van der Waals surface area contributed by atoms with Crippen molar-refractivity contribution in [3.8, 4) is 0 Å². The van der Waals surface area contributed by atoms with Gasteiger partial charge in [-0.3, -0.25) is 14.3 Å². The molecule has 0 radical (unpaired) electrons. The minimum absolute atomic E-state index is 0.125. The van der Waals surface area contributed by atoms with Crippen molar-refractivity contribution >= 4 is 22.8 Å². The summed E-state index contributed by atoms with van der Waals surface area (Å²) >= 11 is 0. The number of amides is 1. The van der Waals surface area contributed by atoms with Gasteiger partial charge in [-0.2, -0.15) is 18.3 Å². The van der Waals surface area contributed by atoms with E-state index in [0.29, 0.717) is 35.9 Å². The number of halogens is 3. The molecule has 3 aromatic rings. The summed E-state index contributed by atoms with van der Waals surface area (Å²) in [5.41, 5.74) is 0.433. The molecule has 3 aliphatic rings. The molecular formula is C23H20F3N3O3. The Bertz CT molecular complexity index is 1210. The van der Waals surface area contributed by atoms with Crippen molar-refractivity contribution in [3.05, 3.63) is 65.4 Å². The number of aromatic nitrogens is 2. The van der Waals surface area contributed by atoms with Gasteiger partial charge in [-0.1, -0.05) is 24.3 Å². The summed E-state index contributed by atoms with van der Waals surface area (Å²) < 4.78 is 40.1. The number of rotatable bonds is 6. The van der Waals surface area contributed by atoms with Crippen LogP contribution < -0.4 is 5.32 Å². The van der Waals surface area contributed by atoms with Crippen LogP contribution in [-0.4, -0.2) is 32.3 Å². The Labute approximate surface area is 181 Å². The van der Waals surface area contributed by atoms with Crippen LogP contribution in [0.2, 0.25) is 0 Å². The molecule has 3 saturated carbocycles. The fraction of sp³-hybridized carbons (Fsp3) is 0.348. The molecule has 0 saturated heterocycles. The first-order chi connectivity index (χ1) is 15.1. The zero-order valence-electron chi connectivity index (χ0n) is 16.9. The summed E-state index contributed by atoms with van der Waals surface area (Å²) in [7, 11) is 0. The van der Waals surface area contributed by atoms with Crippen LogP contribution >= 0.6 is 0 Å². The van der Waals surface area contributed by atoms with Gasteiger partial charge in [0.1, 0.15) is 0 Å². The number of aliphatic carboxylic acids is 1. The number of carbonyl (C=O) groups excluding carboxylic acids is 1. The van der Waals surface area contributed by atoms with Crippen molar-refractivity contribution in [3.63, 3.8) is 0 Å². The Morgan fingerprint density at radius 3 is 2.41 bits per heavy atom. The summed E-state index contributed by atoms with van der Waals surface area (Å²) in [5, 5.41) is 17.2. The lowest BCUT2D eigenvalue weighted by Gasteiger charge is -2.70. The maximum atomic E-state index is 13.1.